The maximum Gasteiger partial charge on any atom is 0.292 e. The van der Waals surface area contributed by atoms with Gasteiger partial charge in [0.05, 0.1) is 18.1 Å². The lowest BCUT2D eigenvalue weighted by atomic mass is 10.2. The average Bonchev–Trinajstić information content (AvgIpc) is 2.27. The third-order valence-electron chi connectivity index (χ3n) is 2.07. The second kappa shape index (κ2) is 7.13. The highest BCUT2D eigenvalue weighted by molar-refractivity contribution is 9.10. The van der Waals surface area contributed by atoms with Gasteiger partial charge in [0.25, 0.3) is 5.69 Å². The van der Waals surface area contributed by atoms with Gasteiger partial charge in [-0.15, -0.1) is 0 Å². The van der Waals surface area contributed by atoms with Crippen LogP contribution in [0.2, 0.25) is 0 Å². The molecule has 0 atom stereocenters. The van der Waals surface area contributed by atoms with Crippen molar-refractivity contribution in [2.45, 2.75) is 6.92 Å². The van der Waals surface area contributed by atoms with Gasteiger partial charge < -0.3 is 10.1 Å². The van der Waals surface area contributed by atoms with E-state index in [0.717, 1.165) is 10.0 Å². The van der Waals surface area contributed by atoms with Gasteiger partial charge in [-0.2, -0.15) is 0 Å². The number of hydrogen-bond acceptors (Lipinski definition) is 4. The summed E-state index contributed by atoms with van der Waals surface area (Å²) in [6.07, 6.45) is 0. The summed E-state index contributed by atoms with van der Waals surface area (Å²) >= 11 is 3.28. The molecule has 0 heterocycles. The highest BCUT2D eigenvalue weighted by Gasteiger charge is 2.12. The van der Waals surface area contributed by atoms with E-state index in [-0.39, 0.29) is 5.69 Å². The van der Waals surface area contributed by atoms with Gasteiger partial charge in [-0.3, -0.25) is 10.1 Å². The van der Waals surface area contributed by atoms with Crippen molar-refractivity contribution in [1.82, 2.24) is 0 Å². The summed E-state index contributed by atoms with van der Waals surface area (Å²) in [6, 6.07) is 4.78. The van der Waals surface area contributed by atoms with E-state index in [4.69, 9.17) is 4.74 Å². The van der Waals surface area contributed by atoms with Gasteiger partial charge in [-0.25, -0.2) is 0 Å². The van der Waals surface area contributed by atoms with Crippen molar-refractivity contribution in [2.24, 2.45) is 0 Å². The Balaban J connectivity index is 2.53. The molecule has 0 unspecified atom stereocenters. The summed E-state index contributed by atoms with van der Waals surface area (Å²) < 4.78 is 6.09. The standard InChI is InChI=1S/C12H15BrN2O3/c1-9(2)8-18-6-5-14-11-7-10(13)3-4-12(11)15(16)17/h3-4,7,14H,1,5-6,8H2,2H3. The molecule has 0 amide bonds. The summed E-state index contributed by atoms with van der Waals surface area (Å²) in [4.78, 5) is 10.4. The zero-order chi connectivity index (χ0) is 13.5. The Kier molecular flexibility index (Phi) is 5.80. The van der Waals surface area contributed by atoms with E-state index in [2.05, 4.69) is 27.8 Å². The molecular weight excluding hydrogens is 300 g/mol. The largest absolute Gasteiger partial charge is 0.377 e. The summed E-state index contributed by atoms with van der Waals surface area (Å²) in [5.41, 5.74) is 1.48. The van der Waals surface area contributed by atoms with Crippen molar-refractivity contribution in [3.05, 3.63) is 44.9 Å². The molecule has 0 bridgehead atoms. The molecule has 0 aliphatic rings. The lowest BCUT2D eigenvalue weighted by molar-refractivity contribution is -0.384. The van der Waals surface area contributed by atoms with Crippen LogP contribution in [0.3, 0.4) is 0 Å². The number of anilines is 1. The number of nitrogens with zero attached hydrogens (tertiary/aromatic N) is 1. The fraction of sp³-hybridized carbons (Fsp3) is 0.333. The van der Waals surface area contributed by atoms with E-state index in [1.165, 1.54) is 6.07 Å². The molecular formula is C12H15BrN2O3. The molecule has 1 N–H and O–H groups in total. The molecule has 0 aliphatic carbocycles. The number of rotatable bonds is 7. The number of halogens is 1. The summed E-state index contributed by atoms with van der Waals surface area (Å²) in [5, 5.41) is 13.8. The van der Waals surface area contributed by atoms with Crippen molar-refractivity contribution < 1.29 is 9.66 Å². The van der Waals surface area contributed by atoms with E-state index in [1.54, 1.807) is 12.1 Å². The Morgan fingerprint density at radius 3 is 2.94 bits per heavy atom. The predicted octanol–water partition coefficient (Wildman–Crippen LogP) is 3.36. The molecule has 1 aromatic rings. The van der Waals surface area contributed by atoms with Crippen LogP contribution in [0.1, 0.15) is 6.92 Å². The van der Waals surface area contributed by atoms with Gasteiger partial charge in [0.1, 0.15) is 5.69 Å². The van der Waals surface area contributed by atoms with Crippen LogP contribution >= 0.6 is 15.9 Å². The van der Waals surface area contributed by atoms with Crippen LogP contribution in [0.5, 0.6) is 0 Å². The van der Waals surface area contributed by atoms with Crippen molar-refractivity contribution in [3.8, 4) is 0 Å². The molecule has 1 aromatic carbocycles. The molecule has 5 nitrogen and oxygen atoms in total. The molecule has 6 heteroatoms. The smallest absolute Gasteiger partial charge is 0.292 e. The fourth-order valence-electron chi connectivity index (χ4n) is 1.31. The first-order valence-corrected chi connectivity index (χ1v) is 6.20. The Labute approximate surface area is 114 Å². The normalized spacial score (nSPS) is 10.1. The SMILES string of the molecule is C=C(C)COCCNc1cc(Br)ccc1[N+](=O)[O-]. The maximum absolute atomic E-state index is 10.8. The summed E-state index contributed by atoms with van der Waals surface area (Å²) in [7, 11) is 0. The quantitative estimate of drug-likeness (QED) is 0.363. The predicted molar refractivity (Wildman–Crippen MR) is 74.9 cm³/mol. The van der Waals surface area contributed by atoms with E-state index < -0.39 is 4.92 Å². The summed E-state index contributed by atoms with van der Waals surface area (Å²) in [6.45, 7) is 7.08. The van der Waals surface area contributed by atoms with Gasteiger partial charge in [-0.05, 0) is 19.1 Å². The molecule has 0 aliphatic heterocycles. The number of benzene rings is 1. The third-order valence-corrected chi connectivity index (χ3v) is 2.56. The maximum atomic E-state index is 10.8. The molecule has 0 aromatic heterocycles. The lowest BCUT2D eigenvalue weighted by Gasteiger charge is -2.08. The first-order valence-electron chi connectivity index (χ1n) is 5.40. The number of nitro groups is 1. The van der Waals surface area contributed by atoms with Gasteiger partial charge in [0.2, 0.25) is 0 Å². The number of nitro benzene ring substituents is 1. The highest BCUT2D eigenvalue weighted by atomic mass is 79.9. The second-order valence-corrected chi connectivity index (χ2v) is 4.77. The minimum absolute atomic E-state index is 0.0538. The van der Waals surface area contributed by atoms with Crippen LogP contribution in [0.4, 0.5) is 11.4 Å². The van der Waals surface area contributed by atoms with Crippen LogP contribution in [0.15, 0.2) is 34.8 Å². The first kappa shape index (κ1) is 14.7. The van der Waals surface area contributed by atoms with E-state index in [9.17, 15) is 10.1 Å². The monoisotopic (exact) mass is 314 g/mol. The molecule has 0 saturated carbocycles. The lowest BCUT2D eigenvalue weighted by Crippen LogP contribution is -2.11. The van der Waals surface area contributed by atoms with Crippen LogP contribution in [0.25, 0.3) is 0 Å². The van der Waals surface area contributed by atoms with Crippen LogP contribution in [-0.4, -0.2) is 24.7 Å². The van der Waals surface area contributed by atoms with Crippen molar-refractivity contribution in [1.29, 1.82) is 0 Å². The van der Waals surface area contributed by atoms with Gasteiger partial charge in [-0.1, -0.05) is 28.1 Å². The number of hydrogen-bond donors (Lipinski definition) is 1. The first-order chi connectivity index (χ1) is 8.50. The average molecular weight is 315 g/mol. The van der Waals surface area contributed by atoms with E-state index in [1.807, 2.05) is 6.92 Å². The highest BCUT2D eigenvalue weighted by Crippen LogP contribution is 2.27. The molecule has 0 radical (unpaired) electrons. The van der Waals surface area contributed by atoms with Gasteiger partial charge in [0.15, 0.2) is 0 Å². The Bertz CT molecular complexity index is 449. The molecule has 1 rings (SSSR count). The zero-order valence-electron chi connectivity index (χ0n) is 10.1. The van der Waals surface area contributed by atoms with Gasteiger partial charge in [0, 0.05) is 17.1 Å². The second-order valence-electron chi connectivity index (χ2n) is 3.86. The van der Waals surface area contributed by atoms with Crippen molar-refractivity contribution >= 4 is 27.3 Å². The Morgan fingerprint density at radius 1 is 1.61 bits per heavy atom. The van der Waals surface area contributed by atoms with Crippen molar-refractivity contribution in [2.75, 3.05) is 25.1 Å². The van der Waals surface area contributed by atoms with Crippen LogP contribution < -0.4 is 5.32 Å². The minimum Gasteiger partial charge on any atom is -0.377 e. The van der Waals surface area contributed by atoms with Crippen LogP contribution in [-0.2, 0) is 4.74 Å². The van der Waals surface area contributed by atoms with Crippen LogP contribution in [0, 0.1) is 10.1 Å². The molecule has 0 fully saturated rings. The molecule has 0 spiro atoms. The van der Waals surface area contributed by atoms with E-state index >= 15 is 0 Å². The molecule has 18 heavy (non-hydrogen) atoms. The van der Waals surface area contributed by atoms with Gasteiger partial charge >= 0.3 is 0 Å². The third kappa shape index (κ3) is 4.85. The minimum atomic E-state index is -0.413. The Hall–Kier alpha value is -1.40. The topological polar surface area (TPSA) is 64.4 Å². The number of nitrogens with one attached hydrogen (secondary N) is 1. The van der Waals surface area contributed by atoms with Crippen molar-refractivity contribution in [3.63, 3.8) is 0 Å². The molecule has 98 valence electrons. The Morgan fingerprint density at radius 2 is 2.33 bits per heavy atom. The fourth-order valence-corrected chi connectivity index (χ4v) is 1.67. The number of ether oxygens (including phenoxy) is 1. The summed E-state index contributed by atoms with van der Waals surface area (Å²) in [5.74, 6) is 0. The van der Waals surface area contributed by atoms with E-state index in [0.29, 0.717) is 25.4 Å². The zero-order valence-corrected chi connectivity index (χ0v) is 11.7. The molecule has 0 saturated heterocycles.